The molecule has 0 radical (unpaired) electrons. The topological polar surface area (TPSA) is 55.1 Å². The Hall–Kier alpha value is -1.13. The van der Waals surface area contributed by atoms with Crippen molar-refractivity contribution in [3.8, 4) is 0 Å². The van der Waals surface area contributed by atoms with Crippen LogP contribution in [0, 0.1) is 0 Å². The van der Waals surface area contributed by atoms with E-state index in [1.54, 1.807) is 12.1 Å². The van der Waals surface area contributed by atoms with Crippen molar-refractivity contribution in [2.45, 2.75) is 12.8 Å². The number of rotatable bonds is 5. The third kappa shape index (κ3) is 5.09. The number of amides is 1. The van der Waals surface area contributed by atoms with Crippen molar-refractivity contribution in [1.29, 1.82) is 0 Å². The molecule has 1 aromatic carbocycles. The standard InChI is InChI=1S/C11H13ClN2OS/c12-9-3-1-8(2-4-9)7-11(15)14-6-5-10(13)16/h1-4H,5-7H2,(H2,13,16)(H,14,15). The molecule has 0 fully saturated rings. The molecule has 1 aromatic rings. The summed E-state index contributed by atoms with van der Waals surface area (Å²) in [6.07, 6.45) is 0.871. The van der Waals surface area contributed by atoms with Gasteiger partial charge in [-0.05, 0) is 17.7 Å². The molecule has 0 aliphatic carbocycles. The molecule has 1 rings (SSSR count). The van der Waals surface area contributed by atoms with E-state index in [9.17, 15) is 4.79 Å². The number of halogens is 1. The van der Waals surface area contributed by atoms with Gasteiger partial charge in [0.15, 0.2) is 0 Å². The van der Waals surface area contributed by atoms with E-state index in [0.29, 0.717) is 29.4 Å². The van der Waals surface area contributed by atoms with Crippen LogP contribution >= 0.6 is 23.8 Å². The number of hydrogen-bond donors (Lipinski definition) is 2. The van der Waals surface area contributed by atoms with Gasteiger partial charge in [-0.2, -0.15) is 0 Å². The minimum absolute atomic E-state index is 0.0430. The maximum Gasteiger partial charge on any atom is 0.224 e. The quantitative estimate of drug-likeness (QED) is 0.788. The summed E-state index contributed by atoms with van der Waals surface area (Å²) in [4.78, 5) is 11.9. The number of hydrogen-bond acceptors (Lipinski definition) is 2. The number of nitrogens with one attached hydrogen (secondary N) is 1. The van der Waals surface area contributed by atoms with Gasteiger partial charge in [-0.15, -0.1) is 0 Å². The highest BCUT2D eigenvalue weighted by Gasteiger charge is 2.02. The summed E-state index contributed by atoms with van der Waals surface area (Å²) in [5.74, 6) is -0.0430. The van der Waals surface area contributed by atoms with Gasteiger partial charge in [0.05, 0.1) is 11.4 Å². The second-order valence-electron chi connectivity index (χ2n) is 3.37. The molecule has 16 heavy (non-hydrogen) atoms. The number of carbonyl (C=O) groups excluding carboxylic acids is 1. The summed E-state index contributed by atoms with van der Waals surface area (Å²) < 4.78 is 0. The molecule has 0 aliphatic heterocycles. The summed E-state index contributed by atoms with van der Waals surface area (Å²) >= 11 is 10.4. The average molecular weight is 257 g/mol. The third-order valence-electron chi connectivity index (χ3n) is 1.97. The van der Waals surface area contributed by atoms with Crippen molar-refractivity contribution in [2.75, 3.05) is 6.54 Å². The largest absolute Gasteiger partial charge is 0.393 e. The Morgan fingerprint density at radius 3 is 2.56 bits per heavy atom. The van der Waals surface area contributed by atoms with Crippen molar-refractivity contribution < 1.29 is 4.79 Å². The van der Waals surface area contributed by atoms with Crippen LogP contribution in [0.4, 0.5) is 0 Å². The van der Waals surface area contributed by atoms with Crippen LogP contribution in [-0.4, -0.2) is 17.4 Å². The zero-order valence-corrected chi connectivity index (χ0v) is 10.3. The molecule has 3 N–H and O–H groups in total. The molecule has 0 heterocycles. The van der Waals surface area contributed by atoms with E-state index in [0.717, 1.165) is 5.56 Å². The smallest absolute Gasteiger partial charge is 0.224 e. The maximum atomic E-state index is 11.5. The van der Waals surface area contributed by atoms with Crippen LogP contribution in [0.2, 0.25) is 5.02 Å². The second-order valence-corrected chi connectivity index (χ2v) is 4.33. The Bertz CT molecular complexity index is 378. The van der Waals surface area contributed by atoms with Crippen molar-refractivity contribution in [3.63, 3.8) is 0 Å². The van der Waals surface area contributed by atoms with E-state index in [1.807, 2.05) is 12.1 Å². The van der Waals surface area contributed by atoms with Crippen molar-refractivity contribution in [2.24, 2.45) is 5.73 Å². The summed E-state index contributed by atoms with van der Waals surface area (Å²) in [6.45, 7) is 0.488. The first kappa shape index (κ1) is 12.9. The lowest BCUT2D eigenvalue weighted by Crippen LogP contribution is -2.28. The van der Waals surface area contributed by atoms with Crippen LogP contribution in [0.5, 0.6) is 0 Å². The minimum Gasteiger partial charge on any atom is -0.393 e. The summed E-state index contributed by atoms with van der Waals surface area (Å²) in [7, 11) is 0. The molecule has 0 unspecified atom stereocenters. The van der Waals surface area contributed by atoms with Crippen molar-refractivity contribution in [3.05, 3.63) is 34.9 Å². The Balaban J connectivity index is 2.34. The van der Waals surface area contributed by atoms with Gasteiger partial charge >= 0.3 is 0 Å². The van der Waals surface area contributed by atoms with E-state index in [1.165, 1.54) is 0 Å². The predicted octanol–water partition coefficient (Wildman–Crippen LogP) is 1.67. The van der Waals surface area contributed by atoms with Crippen LogP contribution in [-0.2, 0) is 11.2 Å². The first-order valence-corrected chi connectivity index (χ1v) is 5.66. The van der Waals surface area contributed by atoms with E-state index >= 15 is 0 Å². The SMILES string of the molecule is NC(=S)CCNC(=O)Cc1ccc(Cl)cc1. The first-order chi connectivity index (χ1) is 7.58. The van der Waals surface area contributed by atoms with Gasteiger partial charge in [0.25, 0.3) is 0 Å². The molecule has 5 heteroatoms. The van der Waals surface area contributed by atoms with Crippen molar-refractivity contribution in [1.82, 2.24) is 5.32 Å². The van der Waals surface area contributed by atoms with Gasteiger partial charge in [0, 0.05) is 18.0 Å². The third-order valence-corrected chi connectivity index (χ3v) is 2.43. The molecule has 0 spiro atoms. The van der Waals surface area contributed by atoms with Crippen LogP contribution in [0.3, 0.4) is 0 Å². The maximum absolute atomic E-state index is 11.5. The van der Waals surface area contributed by atoms with Crippen LogP contribution in [0.1, 0.15) is 12.0 Å². The molecule has 3 nitrogen and oxygen atoms in total. The zero-order valence-electron chi connectivity index (χ0n) is 8.70. The molecule has 86 valence electrons. The molecule has 0 atom stereocenters. The Morgan fingerprint density at radius 1 is 1.38 bits per heavy atom. The summed E-state index contributed by atoms with van der Waals surface area (Å²) in [5, 5.41) is 3.40. The molecule has 0 aromatic heterocycles. The highest BCUT2D eigenvalue weighted by atomic mass is 35.5. The van der Waals surface area contributed by atoms with E-state index in [-0.39, 0.29) is 5.91 Å². The summed E-state index contributed by atoms with van der Waals surface area (Å²) in [5.41, 5.74) is 6.24. The normalized spacial score (nSPS) is 9.81. The van der Waals surface area contributed by atoms with Gasteiger partial charge < -0.3 is 11.1 Å². The van der Waals surface area contributed by atoms with Gasteiger partial charge in [-0.3, -0.25) is 4.79 Å². The van der Waals surface area contributed by atoms with Gasteiger partial charge in [-0.1, -0.05) is 36.0 Å². The second kappa shape index (κ2) is 6.45. The lowest BCUT2D eigenvalue weighted by Gasteiger charge is -2.04. The van der Waals surface area contributed by atoms with Crippen LogP contribution in [0.15, 0.2) is 24.3 Å². The Morgan fingerprint density at radius 2 is 2.00 bits per heavy atom. The van der Waals surface area contributed by atoms with Gasteiger partial charge in [-0.25, -0.2) is 0 Å². The van der Waals surface area contributed by atoms with Crippen LogP contribution in [0.25, 0.3) is 0 Å². The molecule has 1 amide bonds. The highest BCUT2D eigenvalue weighted by molar-refractivity contribution is 7.80. The van der Waals surface area contributed by atoms with E-state index < -0.39 is 0 Å². The van der Waals surface area contributed by atoms with Crippen LogP contribution < -0.4 is 11.1 Å². The van der Waals surface area contributed by atoms with Gasteiger partial charge in [0.2, 0.25) is 5.91 Å². The molecule has 0 aliphatic rings. The molecular formula is C11H13ClN2OS. The minimum atomic E-state index is -0.0430. The lowest BCUT2D eigenvalue weighted by molar-refractivity contribution is -0.120. The average Bonchev–Trinajstić information content (AvgIpc) is 2.21. The van der Waals surface area contributed by atoms with Gasteiger partial charge in [0.1, 0.15) is 0 Å². The molecule has 0 bridgehead atoms. The fourth-order valence-electron chi connectivity index (χ4n) is 1.18. The molecule has 0 saturated carbocycles. The van der Waals surface area contributed by atoms with E-state index in [2.05, 4.69) is 5.32 Å². The monoisotopic (exact) mass is 256 g/mol. The van der Waals surface area contributed by atoms with E-state index in [4.69, 9.17) is 29.6 Å². The predicted molar refractivity (Wildman–Crippen MR) is 69.6 cm³/mol. The molecule has 0 saturated heterocycles. The zero-order chi connectivity index (χ0) is 12.0. The summed E-state index contributed by atoms with van der Waals surface area (Å²) in [6, 6.07) is 7.18. The fourth-order valence-corrected chi connectivity index (χ4v) is 1.40. The number of carbonyl (C=O) groups is 1. The Labute approximate surface area is 105 Å². The number of benzene rings is 1. The highest BCUT2D eigenvalue weighted by Crippen LogP contribution is 2.09. The van der Waals surface area contributed by atoms with Crippen molar-refractivity contribution >= 4 is 34.7 Å². The first-order valence-electron chi connectivity index (χ1n) is 4.87. The Kier molecular flexibility index (Phi) is 5.22. The lowest BCUT2D eigenvalue weighted by atomic mass is 10.1. The molecular weight excluding hydrogens is 244 g/mol. The number of nitrogens with two attached hydrogens (primary N) is 1. The number of thiocarbonyl (C=S) groups is 1. The fraction of sp³-hybridized carbons (Fsp3) is 0.273.